The van der Waals surface area contributed by atoms with E-state index in [1.54, 1.807) is 0 Å². The zero-order chi connectivity index (χ0) is 17.3. The fourth-order valence-corrected chi connectivity index (χ4v) is 11.8. The Morgan fingerprint density at radius 3 is 1.24 bits per heavy atom. The smallest absolute Gasteiger partial charge is 0.239 e. The first-order chi connectivity index (χ1) is 8.99. The van der Waals surface area contributed by atoms with Crippen LogP contribution in [0, 0.1) is 0 Å². The molecule has 0 rings (SSSR count). The molecule has 0 amide bonds. The maximum atomic E-state index is 4.08. The predicted molar refractivity (Wildman–Crippen MR) is 106 cm³/mol. The second-order valence-electron chi connectivity index (χ2n) is 9.64. The molecule has 5 heteroatoms. The van der Waals surface area contributed by atoms with Gasteiger partial charge in [0.1, 0.15) is 16.5 Å². The number of rotatable bonds is 5. The SMILES string of the molecule is CC(C)=C[Si](N[Si](C)(C)C(C)(C)C)N[Si](C)(C)C(C)(C)C. The van der Waals surface area contributed by atoms with E-state index in [0.717, 1.165) is 0 Å². The molecule has 2 nitrogen and oxygen atoms in total. The van der Waals surface area contributed by atoms with Gasteiger partial charge in [0.2, 0.25) is 9.12 Å². The van der Waals surface area contributed by atoms with Crippen LogP contribution in [0.3, 0.4) is 0 Å². The van der Waals surface area contributed by atoms with Gasteiger partial charge in [-0.2, -0.15) is 0 Å². The van der Waals surface area contributed by atoms with Gasteiger partial charge >= 0.3 is 0 Å². The summed E-state index contributed by atoms with van der Waals surface area (Å²) in [7, 11) is -3.83. The molecule has 0 aromatic rings. The van der Waals surface area contributed by atoms with Crippen LogP contribution in [0.4, 0.5) is 0 Å². The van der Waals surface area contributed by atoms with Crippen LogP contribution >= 0.6 is 0 Å². The molecule has 125 valence electrons. The predicted octanol–water partition coefficient (Wildman–Crippen LogP) is 5.17. The molecule has 0 aliphatic heterocycles. The Bertz CT molecular complexity index is 342. The van der Waals surface area contributed by atoms with E-state index in [1.807, 2.05) is 0 Å². The normalized spacial score (nSPS) is 14.5. The van der Waals surface area contributed by atoms with Crippen molar-refractivity contribution in [2.45, 2.75) is 91.7 Å². The van der Waals surface area contributed by atoms with E-state index < -0.39 is 25.6 Å². The summed E-state index contributed by atoms with van der Waals surface area (Å²) in [6, 6.07) is 0. The molecule has 21 heavy (non-hydrogen) atoms. The van der Waals surface area contributed by atoms with E-state index in [9.17, 15) is 0 Å². The van der Waals surface area contributed by atoms with Gasteiger partial charge in [0.05, 0.1) is 0 Å². The third-order valence-electron chi connectivity index (χ3n) is 5.08. The van der Waals surface area contributed by atoms with Crippen molar-refractivity contribution in [3.05, 3.63) is 11.3 Å². The van der Waals surface area contributed by atoms with Crippen molar-refractivity contribution in [1.29, 1.82) is 0 Å². The Labute approximate surface area is 138 Å². The van der Waals surface area contributed by atoms with Crippen LogP contribution in [0.25, 0.3) is 0 Å². The van der Waals surface area contributed by atoms with Gasteiger partial charge < -0.3 is 9.30 Å². The van der Waals surface area contributed by atoms with Crippen molar-refractivity contribution in [1.82, 2.24) is 9.30 Å². The lowest BCUT2D eigenvalue weighted by atomic mass is 10.2. The summed E-state index contributed by atoms with van der Waals surface area (Å²) >= 11 is 0. The summed E-state index contributed by atoms with van der Waals surface area (Å²) in [6.45, 7) is 28.5. The van der Waals surface area contributed by atoms with Crippen LogP contribution in [0.1, 0.15) is 55.4 Å². The number of allylic oxidation sites excluding steroid dienone is 1. The number of hydrogen-bond donors (Lipinski definition) is 2. The highest BCUT2D eigenvalue weighted by atomic mass is 28.4. The summed E-state index contributed by atoms with van der Waals surface area (Å²) < 4.78 is 8.16. The van der Waals surface area contributed by atoms with Crippen molar-refractivity contribution in [2.75, 3.05) is 0 Å². The first kappa shape index (κ1) is 21.3. The fourth-order valence-electron chi connectivity index (χ4n) is 1.44. The number of nitrogens with one attached hydrogen (secondary N) is 2. The van der Waals surface area contributed by atoms with Gasteiger partial charge in [-0.15, -0.1) is 0 Å². The van der Waals surface area contributed by atoms with Crippen LogP contribution in [0.15, 0.2) is 11.3 Å². The highest BCUT2D eigenvalue weighted by Gasteiger charge is 2.41. The average molecular weight is 344 g/mol. The lowest BCUT2D eigenvalue weighted by molar-refractivity contribution is 0.704. The van der Waals surface area contributed by atoms with Crippen LogP contribution in [-0.4, -0.2) is 25.6 Å². The van der Waals surface area contributed by atoms with Crippen molar-refractivity contribution in [3.63, 3.8) is 0 Å². The molecule has 0 saturated heterocycles. The zero-order valence-electron chi connectivity index (χ0n) is 16.6. The molecule has 0 aromatic carbocycles. The van der Waals surface area contributed by atoms with Gasteiger partial charge in [-0.25, -0.2) is 0 Å². The van der Waals surface area contributed by atoms with Crippen LogP contribution in [0.2, 0.25) is 36.3 Å². The van der Waals surface area contributed by atoms with Gasteiger partial charge in [-0.3, -0.25) is 0 Å². The minimum Gasteiger partial charge on any atom is -0.344 e. The molecule has 0 fully saturated rings. The molecule has 0 aliphatic carbocycles. The molecule has 0 bridgehead atoms. The molecular formula is C16H39N2Si3. The van der Waals surface area contributed by atoms with Gasteiger partial charge in [-0.05, 0) is 23.9 Å². The third kappa shape index (κ3) is 6.52. The molecular weight excluding hydrogens is 304 g/mol. The van der Waals surface area contributed by atoms with E-state index >= 15 is 0 Å². The lowest BCUT2D eigenvalue weighted by Gasteiger charge is -2.44. The Hall–Kier alpha value is 0.311. The van der Waals surface area contributed by atoms with Crippen molar-refractivity contribution in [3.8, 4) is 0 Å². The fraction of sp³-hybridized carbons (Fsp3) is 0.875. The minimum absolute atomic E-state index is 0.369. The minimum atomic E-state index is -1.48. The molecule has 0 unspecified atom stereocenters. The lowest BCUT2D eigenvalue weighted by Crippen LogP contribution is -2.68. The highest BCUT2D eigenvalue weighted by molar-refractivity contribution is 6.93. The van der Waals surface area contributed by atoms with E-state index in [4.69, 9.17) is 0 Å². The summed E-state index contributed by atoms with van der Waals surface area (Å²) in [5.41, 5.74) is 3.88. The molecule has 0 spiro atoms. The maximum absolute atomic E-state index is 4.08. The Balaban J connectivity index is 5.32. The van der Waals surface area contributed by atoms with Crippen LogP contribution < -0.4 is 9.30 Å². The quantitative estimate of drug-likeness (QED) is 0.673. The maximum Gasteiger partial charge on any atom is 0.239 e. The second kappa shape index (κ2) is 6.83. The molecule has 0 saturated carbocycles. The Kier molecular flexibility index (Phi) is 6.93. The summed E-state index contributed by atoms with van der Waals surface area (Å²) in [5, 5.41) is 0.737. The van der Waals surface area contributed by atoms with Gasteiger partial charge in [-0.1, -0.05) is 79.0 Å². The monoisotopic (exact) mass is 343 g/mol. The molecule has 1 radical (unpaired) electrons. The molecule has 2 N–H and O–H groups in total. The first-order valence-corrected chi connectivity index (χ1v) is 15.7. The van der Waals surface area contributed by atoms with Gasteiger partial charge in [0, 0.05) is 0 Å². The second-order valence-corrected chi connectivity index (χ2v) is 22.3. The Morgan fingerprint density at radius 2 is 1.05 bits per heavy atom. The van der Waals surface area contributed by atoms with Gasteiger partial charge in [0.15, 0.2) is 0 Å². The topological polar surface area (TPSA) is 24.1 Å². The zero-order valence-corrected chi connectivity index (χ0v) is 19.6. The van der Waals surface area contributed by atoms with Crippen molar-refractivity contribution < 1.29 is 0 Å². The summed E-state index contributed by atoms with van der Waals surface area (Å²) in [4.78, 5) is 0. The molecule has 0 atom stereocenters. The summed E-state index contributed by atoms with van der Waals surface area (Å²) in [5.74, 6) is 0. The van der Waals surface area contributed by atoms with E-state index in [2.05, 4.69) is 96.6 Å². The van der Waals surface area contributed by atoms with E-state index in [0.29, 0.717) is 10.1 Å². The largest absolute Gasteiger partial charge is 0.344 e. The van der Waals surface area contributed by atoms with Gasteiger partial charge in [0.25, 0.3) is 0 Å². The van der Waals surface area contributed by atoms with Crippen molar-refractivity contribution >= 4 is 25.6 Å². The molecule has 0 heterocycles. The third-order valence-corrected chi connectivity index (χ3v) is 20.6. The number of hydrogen-bond acceptors (Lipinski definition) is 2. The van der Waals surface area contributed by atoms with E-state index in [1.165, 1.54) is 5.57 Å². The van der Waals surface area contributed by atoms with Crippen LogP contribution in [-0.2, 0) is 0 Å². The molecule has 0 aliphatic rings. The average Bonchev–Trinajstić information content (AvgIpc) is 2.09. The van der Waals surface area contributed by atoms with Crippen LogP contribution in [0.5, 0.6) is 0 Å². The standard InChI is InChI=1S/C16H39N2Si3/c1-14(2)13-19(17-20(9,10)15(3,4)5)18-21(11,12)16(6,7)8/h13,17-18H,1-12H3. The van der Waals surface area contributed by atoms with E-state index in [-0.39, 0.29) is 0 Å². The Morgan fingerprint density at radius 1 is 0.762 bits per heavy atom. The summed E-state index contributed by atoms with van der Waals surface area (Å²) in [6.07, 6.45) is 0. The molecule has 0 aromatic heterocycles. The van der Waals surface area contributed by atoms with Crippen molar-refractivity contribution in [2.24, 2.45) is 0 Å². The first-order valence-electron chi connectivity index (χ1n) is 8.08. The highest BCUT2D eigenvalue weighted by Crippen LogP contribution is 2.35.